The quantitative estimate of drug-likeness (QED) is 0.602. The Kier molecular flexibility index (Phi) is 4.01. The van der Waals surface area contributed by atoms with Crippen LogP contribution in [0.15, 0.2) is 54.6 Å². The van der Waals surface area contributed by atoms with E-state index in [0.717, 1.165) is 28.5 Å². The molecule has 0 aliphatic rings. The number of nitrogens with one attached hydrogen (secondary N) is 1. The summed E-state index contributed by atoms with van der Waals surface area (Å²) in [5.74, 6) is 2.84. The molecule has 0 bridgehead atoms. The van der Waals surface area contributed by atoms with E-state index in [9.17, 15) is 0 Å². The number of benzene rings is 2. The summed E-state index contributed by atoms with van der Waals surface area (Å²) < 4.78 is 6.93. The van der Waals surface area contributed by atoms with Crippen LogP contribution in [0.5, 0.6) is 5.75 Å². The zero-order valence-corrected chi connectivity index (χ0v) is 14.9. The molecule has 0 saturated carbocycles. The van der Waals surface area contributed by atoms with E-state index in [1.165, 1.54) is 5.56 Å². The molecule has 0 aliphatic carbocycles. The zero-order valence-electron chi connectivity index (χ0n) is 14.9. The zero-order chi connectivity index (χ0) is 18.1. The fourth-order valence-electron chi connectivity index (χ4n) is 2.72. The molecule has 4 rings (SSSR count). The van der Waals surface area contributed by atoms with Crippen molar-refractivity contribution >= 4 is 17.3 Å². The van der Waals surface area contributed by atoms with Crippen LogP contribution < -0.4 is 10.1 Å². The molecule has 2 aromatic carbocycles. The molecule has 2 heterocycles. The Balaban J connectivity index is 1.75. The second-order valence-corrected chi connectivity index (χ2v) is 6.15. The van der Waals surface area contributed by atoms with Gasteiger partial charge in [-0.2, -0.15) is 9.50 Å². The number of anilines is 2. The summed E-state index contributed by atoms with van der Waals surface area (Å²) in [6, 6.07) is 17.8. The number of hydrogen-bond donors (Lipinski definition) is 1. The van der Waals surface area contributed by atoms with E-state index in [1.807, 2.05) is 49.4 Å². The molecule has 1 N–H and O–H groups in total. The first-order chi connectivity index (χ1) is 12.6. The topological polar surface area (TPSA) is 64.3 Å². The number of rotatable bonds is 4. The molecular formula is C20H19N5O. The number of nitrogens with zero attached hydrogens (tertiary/aromatic N) is 4. The van der Waals surface area contributed by atoms with Gasteiger partial charge in [0.25, 0.3) is 5.78 Å². The van der Waals surface area contributed by atoms with Gasteiger partial charge in [0.2, 0.25) is 0 Å². The molecule has 0 unspecified atom stereocenters. The Morgan fingerprint density at radius 2 is 1.65 bits per heavy atom. The van der Waals surface area contributed by atoms with E-state index in [0.29, 0.717) is 11.6 Å². The average Bonchev–Trinajstić information content (AvgIpc) is 3.07. The summed E-state index contributed by atoms with van der Waals surface area (Å²) in [7, 11) is 1.65. The molecule has 0 saturated heterocycles. The third kappa shape index (κ3) is 3.09. The van der Waals surface area contributed by atoms with E-state index in [4.69, 9.17) is 4.74 Å². The van der Waals surface area contributed by atoms with Crippen molar-refractivity contribution in [1.82, 2.24) is 19.6 Å². The lowest BCUT2D eigenvalue weighted by Crippen LogP contribution is -2.02. The first-order valence-electron chi connectivity index (χ1n) is 8.35. The highest BCUT2D eigenvalue weighted by Crippen LogP contribution is 2.23. The minimum Gasteiger partial charge on any atom is -0.497 e. The molecule has 130 valence electrons. The largest absolute Gasteiger partial charge is 0.497 e. The summed E-state index contributed by atoms with van der Waals surface area (Å²) in [6.45, 7) is 4.00. The van der Waals surface area contributed by atoms with Gasteiger partial charge in [-0.05, 0) is 38.1 Å². The van der Waals surface area contributed by atoms with Gasteiger partial charge in [0.1, 0.15) is 11.6 Å². The maximum atomic E-state index is 5.20. The van der Waals surface area contributed by atoms with Crippen molar-refractivity contribution < 1.29 is 4.74 Å². The van der Waals surface area contributed by atoms with Gasteiger partial charge in [0.05, 0.1) is 7.11 Å². The third-order valence-corrected chi connectivity index (χ3v) is 4.11. The molecular weight excluding hydrogens is 326 g/mol. The van der Waals surface area contributed by atoms with Crippen molar-refractivity contribution in [3.05, 3.63) is 65.9 Å². The lowest BCUT2D eigenvalue weighted by Gasteiger charge is -2.09. The summed E-state index contributed by atoms with van der Waals surface area (Å²) in [6.07, 6.45) is 0. The van der Waals surface area contributed by atoms with Crippen molar-refractivity contribution in [3.63, 3.8) is 0 Å². The van der Waals surface area contributed by atoms with Crippen molar-refractivity contribution in [1.29, 1.82) is 0 Å². The molecule has 0 aliphatic heterocycles. The normalized spacial score (nSPS) is 10.9. The minimum atomic E-state index is 0.566. The SMILES string of the molecule is COc1ccc(Nc2cc(C)nc3nc(-c4ccc(C)cc4)nn23)cc1. The van der Waals surface area contributed by atoms with E-state index in [-0.39, 0.29) is 0 Å². The summed E-state index contributed by atoms with van der Waals surface area (Å²) in [4.78, 5) is 9.08. The van der Waals surface area contributed by atoms with Gasteiger partial charge in [0, 0.05) is 23.0 Å². The van der Waals surface area contributed by atoms with Gasteiger partial charge in [-0.1, -0.05) is 29.8 Å². The summed E-state index contributed by atoms with van der Waals surface area (Å²) in [5.41, 5.74) is 3.98. The van der Waals surface area contributed by atoms with Gasteiger partial charge in [-0.3, -0.25) is 0 Å². The van der Waals surface area contributed by atoms with Crippen LogP contribution in [0.25, 0.3) is 17.2 Å². The minimum absolute atomic E-state index is 0.566. The fraction of sp³-hybridized carbons (Fsp3) is 0.150. The van der Waals surface area contributed by atoms with Gasteiger partial charge in [-0.25, -0.2) is 4.98 Å². The Labute approximate surface area is 151 Å². The molecule has 0 atom stereocenters. The van der Waals surface area contributed by atoms with Crippen LogP contribution in [-0.4, -0.2) is 26.7 Å². The van der Waals surface area contributed by atoms with E-state index in [2.05, 4.69) is 39.4 Å². The van der Waals surface area contributed by atoms with Crippen LogP contribution in [0.2, 0.25) is 0 Å². The van der Waals surface area contributed by atoms with Crippen LogP contribution in [0, 0.1) is 13.8 Å². The van der Waals surface area contributed by atoms with Crippen LogP contribution in [0.1, 0.15) is 11.3 Å². The van der Waals surface area contributed by atoms with Gasteiger partial charge in [-0.15, -0.1) is 5.10 Å². The Morgan fingerprint density at radius 1 is 0.923 bits per heavy atom. The van der Waals surface area contributed by atoms with Crippen molar-refractivity contribution in [3.8, 4) is 17.1 Å². The van der Waals surface area contributed by atoms with Crippen molar-refractivity contribution in [2.75, 3.05) is 12.4 Å². The maximum Gasteiger partial charge on any atom is 0.254 e. The van der Waals surface area contributed by atoms with Crippen LogP contribution in [0.3, 0.4) is 0 Å². The smallest absolute Gasteiger partial charge is 0.254 e. The molecule has 6 nitrogen and oxygen atoms in total. The Hall–Kier alpha value is -3.41. The lowest BCUT2D eigenvalue weighted by atomic mass is 10.1. The standard InChI is InChI=1S/C20H19N5O/c1-13-4-6-15(7-5-13)19-23-20-21-14(2)12-18(25(20)24-19)22-16-8-10-17(26-3)11-9-16/h4-12,22H,1-3H3. The third-order valence-electron chi connectivity index (χ3n) is 4.11. The highest BCUT2D eigenvalue weighted by Gasteiger charge is 2.12. The monoisotopic (exact) mass is 345 g/mol. The van der Waals surface area contributed by atoms with Gasteiger partial charge < -0.3 is 10.1 Å². The second-order valence-electron chi connectivity index (χ2n) is 6.15. The Morgan fingerprint density at radius 3 is 2.35 bits per heavy atom. The predicted molar refractivity (Wildman–Crippen MR) is 102 cm³/mol. The van der Waals surface area contributed by atoms with E-state index < -0.39 is 0 Å². The lowest BCUT2D eigenvalue weighted by molar-refractivity contribution is 0.415. The van der Waals surface area contributed by atoms with E-state index >= 15 is 0 Å². The molecule has 0 spiro atoms. The first kappa shape index (κ1) is 16.1. The number of aromatic nitrogens is 4. The number of fused-ring (bicyclic) bond motifs is 1. The molecule has 26 heavy (non-hydrogen) atoms. The highest BCUT2D eigenvalue weighted by atomic mass is 16.5. The maximum absolute atomic E-state index is 5.20. The van der Waals surface area contributed by atoms with Gasteiger partial charge >= 0.3 is 0 Å². The fourth-order valence-corrected chi connectivity index (χ4v) is 2.72. The molecule has 0 radical (unpaired) electrons. The van der Waals surface area contributed by atoms with Crippen LogP contribution in [-0.2, 0) is 0 Å². The van der Waals surface area contributed by atoms with E-state index in [1.54, 1.807) is 11.6 Å². The Bertz CT molecular complexity index is 1050. The van der Waals surface area contributed by atoms with Gasteiger partial charge in [0.15, 0.2) is 5.82 Å². The summed E-state index contributed by atoms with van der Waals surface area (Å²) in [5, 5.41) is 8.02. The molecule has 0 amide bonds. The highest BCUT2D eigenvalue weighted by molar-refractivity contribution is 5.62. The number of aryl methyl sites for hydroxylation is 2. The van der Waals surface area contributed by atoms with Crippen molar-refractivity contribution in [2.24, 2.45) is 0 Å². The summed E-state index contributed by atoms with van der Waals surface area (Å²) >= 11 is 0. The second kappa shape index (κ2) is 6.48. The molecule has 6 heteroatoms. The van der Waals surface area contributed by atoms with Crippen LogP contribution in [0.4, 0.5) is 11.5 Å². The molecule has 4 aromatic rings. The number of methoxy groups -OCH3 is 1. The van der Waals surface area contributed by atoms with Crippen LogP contribution >= 0.6 is 0 Å². The molecule has 0 fully saturated rings. The first-order valence-corrected chi connectivity index (χ1v) is 8.35. The predicted octanol–water partition coefficient (Wildman–Crippen LogP) is 4.16. The van der Waals surface area contributed by atoms with Crippen molar-refractivity contribution in [2.45, 2.75) is 13.8 Å². The molecule has 2 aromatic heterocycles. The number of ether oxygens (including phenoxy) is 1. The average molecular weight is 345 g/mol. The number of hydrogen-bond acceptors (Lipinski definition) is 5.